The largest absolute Gasteiger partial charge is 0.374 e. The van der Waals surface area contributed by atoms with Crippen LogP contribution in [0.2, 0.25) is 0 Å². The maximum atomic E-state index is 11.5. The Hall–Kier alpha value is -1.39. The second-order valence-corrected chi connectivity index (χ2v) is 5.55. The van der Waals surface area contributed by atoms with Gasteiger partial charge in [0.15, 0.2) is 0 Å². The highest BCUT2D eigenvalue weighted by molar-refractivity contribution is 5.93. The van der Waals surface area contributed by atoms with Crippen LogP contribution in [-0.4, -0.2) is 12.0 Å². The first-order valence-corrected chi connectivity index (χ1v) is 7.44. The van der Waals surface area contributed by atoms with E-state index in [4.69, 9.17) is 10.6 Å². The van der Waals surface area contributed by atoms with Crippen molar-refractivity contribution in [2.24, 2.45) is 11.8 Å². The Morgan fingerprint density at radius 3 is 3.05 bits per heavy atom. The number of nitrogen functional groups attached to an aromatic ring is 1. The lowest BCUT2D eigenvalue weighted by Crippen LogP contribution is -2.30. The molecule has 0 aliphatic heterocycles. The van der Waals surface area contributed by atoms with Gasteiger partial charge in [-0.15, -0.1) is 0 Å². The summed E-state index contributed by atoms with van der Waals surface area (Å²) in [6, 6.07) is 7.42. The van der Waals surface area contributed by atoms with Gasteiger partial charge in [-0.25, -0.2) is 5.84 Å². The Balaban J connectivity index is 1.89. The molecular formula is C16H24N2O2. The minimum Gasteiger partial charge on any atom is -0.374 e. The van der Waals surface area contributed by atoms with Gasteiger partial charge in [0.05, 0.1) is 12.7 Å². The molecule has 0 spiro atoms. The van der Waals surface area contributed by atoms with E-state index in [-0.39, 0.29) is 5.91 Å². The summed E-state index contributed by atoms with van der Waals surface area (Å²) in [5, 5.41) is 0. The van der Waals surface area contributed by atoms with Crippen LogP contribution < -0.4 is 11.3 Å². The van der Waals surface area contributed by atoms with Gasteiger partial charge in [-0.2, -0.15) is 0 Å². The van der Waals surface area contributed by atoms with E-state index in [1.54, 1.807) is 6.07 Å². The molecule has 1 aliphatic rings. The van der Waals surface area contributed by atoms with Gasteiger partial charge in [-0.05, 0) is 36.5 Å². The van der Waals surface area contributed by atoms with Crippen molar-refractivity contribution in [2.45, 2.75) is 51.7 Å². The van der Waals surface area contributed by atoms with Crippen LogP contribution in [0.15, 0.2) is 24.3 Å². The van der Waals surface area contributed by atoms with E-state index in [1.807, 2.05) is 18.2 Å². The molecule has 1 aromatic carbocycles. The van der Waals surface area contributed by atoms with Crippen LogP contribution in [0.25, 0.3) is 0 Å². The first kappa shape index (κ1) is 15.0. The molecular weight excluding hydrogens is 252 g/mol. The highest BCUT2D eigenvalue weighted by Gasteiger charge is 2.21. The van der Waals surface area contributed by atoms with Crippen molar-refractivity contribution in [3.05, 3.63) is 35.4 Å². The summed E-state index contributed by atoms with van der Waals surface area (Å²) in [6.07, 6.45) is 6.52. The molecule has 3 N–H and O–H groups in total. The smallest absolute Gasteiger partial charge is 0.265 e. The molecule has 1 amide bonds. The Morgan fingerprint density at radius 2 is 2.30 bits per heavy atom. The van der Waals surface area contributed by atoms with Gasteiger partial charge in [-0.3, -0.25) is 10.2 Å². The van der Waals surface area contributed by atoms with Gasteiger partial charge in [0.1, 0.15) is 0 Å². The highest BCUT2D eigenvalue weighted by atomic mass is 16.5. The van der Waals surface area contributed by atoms with Gasteiger partial charge >= 0.3 is 0 Å². The fraction of sp³-hybridized carbons (Fsp3) is 0.562. The van der Waals surface area contributed by atoms with E-state index in [9.17, 15) is 4.79 Å². The molecule has 0 heterocycles. The molecule has 1 fully saturated rings. The zero-order valence-electron chi connectivity index (χ0n) is 12.1. The Bertz CT molecular complexity index is 448. The third kappa shape index (κ3) is 4.05. The lowest BCUT2D eigenvalue weighted by Gasteiger charge is -2.28. The van der Waals surface area contributed by atoms with Gasteiger partial charge in [0.2, 0.25) is 0 Å². The predicted molar refractivity (Wildman–Crippen MR) is 78.9 cm³/mol. The number of carbonyl (C=O) groups is 1. The van der Waals surface area contributed by atoms with Crippen molar-refractivity contribution >= 4 is 5.91 Å². The number of benzene rings is 1. The first-order chi connectivity index (χ1) is 9.72. The molecule has 0 aromatic heterocycles. The molecule has 0 saturated heterocycles. The monoisotopic (exact) mass is 276 g/mol. The van der Waals surface area contributed by atoms with Gasteiger partial charge in [0, 0.05) is 5.56 Å². The van der Waals surface area contributed by atoms with E-state index >= 15 is 0 Å². The Labute approximate surface area is 120 Å². The van der Waals surface area contributed by atoms with E-state index in [0.29, 0.717) is 18.3 Å². The predicted octanol–water partition coefficient (Wildman–Crippen LogP) is 2.78. The molecule has 110 valence electrons. The van der Waals surface area contributed by atoms with Crippen molar-refractivity contribution in [1.29, 1.82) is 0 Å². The van der Waals surface area contributed by atoms with E-state index in [2.05, 4.69) is 12.3 Å². The molecule has 0 radical (unpaired) electrons. The topological polar surface area (TPSA) is 64.3 Å². The summed E-state index contributed by atoms with van der Waals surface area (Å²) >= 11 is 0. The Kier molecular flexibility index (Phi) is 5.56. The molecule has 2 atom stereocenters. The van der Waals surface area contributed by atoms with Crippen LogP contribution in [0, 0.1) is 5.92 Å². The number of carbonyl (C=O) groups excluding carboxylic acids is 1. The lowest BCUT2D eigenvalue weighted by atomic mass is 9.85. The fourth-order valence-corrected chi connectivity index (χ4v) is 2.86. The first-order valence-electron chi connectivity index (χ1n) is 7.44. The summed E-state index contributed by atoms with van der Waals surface area (Å²) in [5.74, 6) is 5.69. The Morgan fingerprint density at radius 1 is 1.45 bits per heavy atom. The number of hydrogen-bond donors (Lipinski definition) is 2. The number of nitrogens with two attached hydrogens (primary N) is 1. The molecule has 1 aliphatic carbocycles. The number of ether oxygens (including phenoxy) is 1. The molecule has 2 unspecified atom stereocenters. The van der Waals surface area contributed by atoms with Crippen molar-refractivity contribution < 1.29 is 9.53 Å². The van der Waals surface area contributed by atoms with Gasteiger partial charge in [-0.1, -0.05) is 38.3 Å². The summed E-state index contributed by atoms with van der Waals surface area (Å²) in [6.45, 7) is 2.81. The quantitative estimate of drug-likeness (QED) is 0.494. The third-order valence-corrected chi connectivity index (χ3v) is 4.12. The summed E-state index contributed by atoms with van der Waals surface area (Å²) in [7, 11) is 0. The van der Waals surface area contributed by atoms with Crippen LogP contribution in [-0.2, 0) is 11.3 Å². The maximum absolute atomic E-state index is 11.5. The fourth-order valence-electron chi connectivity index (χ4n) is 2.86. The standard InChI is InChI=1S/C16H24N2O2/c1-2-12-5-4-8-15(10-12)20-11-13-6-3-7-14(9-13)16(19)18-17/h3,6-7,9,12,15H,2,4-5,8,10-11,17H2,1H3,(H,18,19). The van der Waals surface area contributed by atoms with E-state index in [1.165, 1.54) is 25.7 Å². The second-order valence-electron chi connectivity index (χ2n) is 5.55. The molecule has 1 aromatic rings. The van der Waals surface area contributed by atoms with E-state index < -0.39 is 0 Å². The molecule has 4 heteroatoms. The lowest BCUT2D eigenvalue weighted by molar-refractivity contribution is 0.00176. The van der Waals surface area contributed by atoms with Crippen molar-refractivity contribution in [3.63, 3.8) is 0 Å². The number of nitrogens with one attached hydrogen (secondary N) is 1. The number of rotatable bonds is 5. The zero-order valence-corrected chi connectivity index (χ0v) is 12.1. The minimum atomic E-state index is -0.268. The molecule has 20 heavy (non-hydrogen) atoms. The zero-order chi connectivity index (χ0) is 14.4. The van der Waals surface area contributed by atoms with Gasteiger partial charge < -0.3 is 4.74 Å². The van der Waals surface area contributed by atoms with Gasteiger partial charge in [0.25, 0.3) is 5.91 Å². The van der Waals surface area contributed by atoms with E-state index in [0.717, 1.165) is 17.9 Å². The summed E-state index contributed by atoms with van der Waals surface area (Å²) in [5.41, 5.74) is 3.74. The van der Waals surface area contributed by atoms with Crippen LogP contribution >= 0.6 is 0 Å². The van der Waals surface area contributed by atoms with Crippen molar-refractivity contribution in [3.8, 4) is 0 Å². The minimum absolute atomic E-state index is 0.268. The van der Waals surface area contributed by atoms with Crippen LogP contribution in [0.1, 0.15) is 54.9 Å². The van der Waals surface area contributed by atoms with Crippen molar-refractivity contribution in [2.75, 3.05) is 0 Å². The number of hydrazine groups is 1. The average Bonchev–Trinajstić information content (AvgIpc) is 2.52. The third-order valence-electron chi connectivity index (χ3n) is 4.12. The molecule has 1 saturated carbocycles. The maximum Gasteiger partial charge on any atom is 0.265 e. The number of amides is 1. The average molecular weight is 276 g/mol. The summed E-state index contributed by atoms with van der Waals surface area (Å²) < 4.78 is 6.01. The molecule has 2 rings (SSSR count). The van der Waals surface area contributed by atoms with Crippen molar-refractivity contribution in [1.82, 2.24) is 5.43 Å². The SMILES string of the molecule is CCC1CCCC(OCc2cccc(C(=O)NN)c2)C1. The van der Waals surface area contributed by atoms with Crippen LogP contribution in [0.5, 0.6) is 0 Å². The highest BCUT2D eigenvalue weighted by Crippen LogP contribution is 2.28. The molecule has 4 nitrogen and oxygen atoms in total. The van der Waals surface area contributed by atoms with Crippen LogP contribution in [0.4, 0.5) is 0 Å². The second kappa shape index (κ2) is 7.41. The summed E-state index contributed by atoms with van der Waals surface area (Å²) in [4.78, 5) is 11.5. The number of hydrogen-bond acceptors (Lipinski definition) is 3. The molecule has 0 bridgehead atoms. The normalized spacial score (nSPS) is 22.5. The van der Waals surface area contributed by atoms with Crippen LogP contribution in [0.3, 0.4) is 0 Å².